The van der Waals surface area contributed by atoms with Gasteiger partial charge in [-0.1, -0.05) is 29.8 Å². The highest BCUT2D eigenvalue weighted by molar-refractivity contribution is 6.31. The molecular formula is C20H32ClN3O2. The van der Waals surface area contributed by atoms with Gasteiger partial charge >= 0.3 is 0 Å². The van der Waals surface area contributed by atoms with Gasteiger partial charge in [-0.05, 0) is 43.7 Å². The maximum Gasteiger partial charge on any atom is 0.193 e. The van der Waals surface area contributed by atoms with Crippen LogP contribution in [-0.2, 0) is 16.0 Å². The van der Waals surface area contributed by atoms with Gasteiger partial charge in [0.25, 0.3) is 0 Å². The molecule has 1 aromatic carbocycles. The molecule has 0 atom stereocenters. The van der Waals surface area contributed by atoms with E-state index < -0.39 is 0 Å². The van der Waals surface area contributed by atoms with Crippen LogP contribution in [0.1, 0.15) is 31.7 Å². The van der Waals surface area contributed by atoms with E-state index in [2.05, 4.69) is 17.1 Å². The Balaban J connectivity index is 1.72. The molecule has 0 aromatic heterocycles. The Hall–Kier alpha value is -1.30. The van der Waals surface area contributed by atoms with E-state index in [1.165, 1.54) is 0 Å². The van der Waals surface area contributed by atoms with Gasteiger partial charge in [0, 0.05) is 58.1 Å². The molecule has 1 aliphatic heterocycles. The van der Waals surface area contributed by atoms with Gasteiger partial charge < -0.3 is 19.7 Å². The van der Waals surface area contributed by atoms with Crippen molar-refractivity contribution in [3.8, 4) is 0 Å². The molecule has 0 bridgehead atoms. The van der Waals surface area contributed by atoms with Gasteiger partial charge in [0.1, 0.15) is 0 Å². The zero-order valence-corrected chi connectivity index (χ0v) is 16.8. The maximum atomic E-state index is 6.26. The van der Waals surface area contributed by atoms with Gasteiger partial charge in [-0.3, -0.25) is 4.99 Å². The standard InChI is InChI=1S/C20H32ClN3O2/c1-3-22-20(24(2)15-18-7-4-5-8-19(18)21)23-11-6-12-26-16-17-9-13-25-14-10-17/h4-5,7-8,17H,3,6,9-16H2,1-2H3,(H,22,23). The summed E-state index contributed by atoms with van der Waals surface area (Å²) in [5, 5.41) is 4.13. The molecule has 2 rings (SSSR count). The highest BCUT2D eigenvalue weighted by Gasteiger charge is 2.13. The lowest BCUT2D eigenvalue weighted by atomic mass is 10.0. The number of hydrogen-bond acceptors (Lipinski definition) is 3. The van der Waals surface area contributed by atoms with Crippen molar-refractivity contribution in [3.63, 3.8) is 0 Å². The van der Waals surface area contributed by atoms with E-state index in [0.717, 1.165) is 81.9 Å². The first-order valence-corrected chi connectivity index (χ1v) is 9.96. The van der Waals surface area contributed by atoms with Crippen molar-refractivity contribution in [1.82, 2.24) is 10.2 Å². The zero-order chi connectivity index (χ0) is 18.6. The molecule has 0 aliphatic carbocycles. The van der Waals surface area contributed by atoms with Crippen LogP contribution in [0.5, 0.6) is 0 Å². The van der Waals surface area contributed by atoms with E-state index >= 15 is 0 Å². The summed E-state index contributed by atoms with van der Waals surface area (Å²) in [5.41, 5.74) is 1.10. The predicted molar refractivity (Wildman–Crippen MR) is 108 cm³/mol. The van der Waals surface area contributed by atoms with Crippen LogP contribution in [0.15, 0.2) is 29.3 Å². The summed E-state index contributed by atoms with van der Waals surface area (Å²) in [6.07, 6.45) is 3.17. The van der Waals surface area contributed by atoms with Crippen LogP contribution in [0, 0.1) is 5.92 Å². The first-order chi connectivity index (χ1) is 12.7. The molecule has 26 heavy (non-hydrogen) atoms. The smallest absolute Gasteiger partial charge is 0.193 e. The first-order valence-electron chi connectivity index (χ1n) is 9.59. The Kier molecular flexibility index (Phi) is 9.82. The number of nitrogens with one attached hydrogen (secondary N) is 1. The largest absolute Gasteiger partial charge is 0.381 e. The predicted octanol–water partition coefficient (Wildman–Crippen LogP) is 3.57. The summed E-state index contributed by atoms with van der Waals surface area (Å²) < 4.78 is 11.2. The normalized spacial score (nSPS) is 15.9. The highest BCUT2D eigenvalue weighted by Crippen LogP contribution is 2.16. The molecule has 1 fully saturated rings. The van der Waals surface area contributed by atoms with Crippen molar-refractivity contribution in [2.24, 2.45) is 10.9 Å². The Bertz CT molecular complexity index is 548. The first kappa shape index (κ1) is 21.0. The number of benzene rings is 1. The van der Waals surface area contributed by atoms with Crippen molar-refractivity contribution in [3.05, 3.63) is 34.9 Å². The van der Waals surface area contributed by atoms with Crippen molar-refractivity contribution < 1.29 is 9.47 Å². The minimum atomic E-state index is 0.659. The van der Waals surface area contributed by atoms with Crippen molar-refractivity contribution >= 4 is 17.6 Å². The molecule has 1 N–H and O–H groups in total. The number of nitrogens with zero attached hydrogens (tertiary/aromatic N) is 2. The second-order valence-corrected chi connectivity index (χ2v) is 7.07. The summed E-state index contributed by atoms with van der Waals surface area (Å²) in [6.45, 7) is 7.76. The van der Waals surface area contributed by atoms with Crippen LogP contribution < -0.4 is 5.32 Å². The third kappa shape index (κ3) is 7.52. The van der Waals surface area contributed by atoms with Gasteiger partial charge in [-0.15, -0.1) is 0 Å². The summed E-state index contributed by atoms with van der Waals surface area (Å²) in [5.74, 6) is 1.56. The summed E-state index contributed by atoms with van der Waals surface area (Å²) in [6, 6.07) is 7.93. The molecule has 0 saturated carbocycles. The highest BCUT2D eigenvalue weighted by atomic mass is 35.5. The van der Waals surface area contributed by atoms with Crippen LogP contribution in [-0.4, -0.2) is 57.4 Å². The molecule has 0 radical (unpaired) electrons. The molecule has 0 amide bonds. The second kappa shape index (κ2) is 12.2. The fourth-order valence-electron chi connectivity index (χ4n) is 2.94. The quantitative estimate of drug-likeness (QED) is 0.403. The number of hydrogen-bond donors (Lipinski definition) is 1. The zero-order valence-electron chi connectivity index (χ0n) is 16.0. The molecular weight excluding hydrogens is 350 g/mol. The van der Waals surface area contributed by atoms with Crippen LogP contribution in [0.4, 0.5) is 0 Å². The van der Waals surface area contributed by atoms with Gasteiger partial charge in [0.2, 0.25) is 0 Å². The maximum absolute atomic E-state index is 6.26. The molecule has 1 saturated heterocycles. The molecule has 1 aromatic rings. The topological polar surface area (TPSA) is 46.1 Å². The van der Waals surface area contributed by atoms with Gasteiger partial charge in [-0.2, -0.15) is 0 Å². The van der Waals surface area contributed by atoms with E-state index in [1.807, 2.05) is 31.3 Å². The van der Waals surface area contributed by atoms with E-state index in [1.54, 1.807) is 0 Å². The number of rotatable bonds is 9. The average molecular weight is 382 g/mol. The van der Waals surface area contributed by atoms with Crippen LogP contribution in [0.2, 0.25) is 5.02 Å². The van der Waals surface area contributed by atoms with Gasteiger partial charge in [0.05, 0.1) is 0 Å². The van der Waals surface area contributed by atoms with Crippen LogP contribution in [0.3, 0.4) is 0 Å². The molecule has 5 nitrogen and oxygen atoms in total. The Morgan fingerprint density at radius 1 is 1.35 bits per heavy atom. The lowest BCUT2D eigenvalue weighted by Crippen LogP contribution is -2.38. The summed E-state index contributed by atoms with van der Waals surface area (Å²) >= 11 is 6.26. The molecule has 6 heteroatoms. The minimum Gasteiger partial charge on any atom is -0.381 e. The number of aliphatic imine (C=N–C) groups is 1. The molecule has 1 heterocycles. The van der Waals surface area contributed by atoms with Gasteiger partial charge in [0.15, 0.2) is 5.96 Å². The fourth-order valence-corrected chi connectivity index (χ4v) is 3.14. The van der Waals surface area contributed by atoms with Crippen molar-refractivity contribution in [2.45, 2.75) is 32.7 Å². The van der Waals surface area contributed by atoms with Crippen LogP contribution >= 0.6 is 11.6 Å². The number of guanidine groups is 1. The molecule has 0 spiro atoms. The second-order valence-electron chi connectivity index (χ2n) is 6.67. The van der Waals surface area contributed by atoms with E-state index in [-0.39, 0.29) is 0 Å². The molecule has 1 aliphatic rings. The molecule has 0 unspecified atom stereocenters. The van der Waals surface area contributed by atoms with E-state index in [9.17, 15) is 0 Å². The third-order valence-corrected chi connectivity index (χ3v) is 4.83. The average Bonchev–Trinajstić information content (AvgIpc) is 2.66. The lowest BCUT2D eigenvalue weighted by Gasteiger charge is -2.23. The summed E-state index contributed by atoms with van der Waals surface area (Å²) in [7, 11) is 2.03. The number of ether oxygens (including phenoxy) is 2. The number of halogens is 1. The monoisotopic (exact) mass is 381 g/mol. The molecule has 146 valence electrons. The van der Waals surface area contributed by atoms with Crippen LogP contribution in [0.25, 0.3) is 0 Å². The van der Waals surface area contributed by atoms with E-state index in [4.69, 9.17) is 26.1 Å². The summed E-state index contributed by atoms with van der Waals surface area (Å²) in [4.78, 5) is 6.82. The fraction of sp³-hybridized carbons (Fsp3) is 0.650. The lowest BCUT2D eigenvalue weighted by molar-refractivity contribution is 0.0205. The Labute approximate surface area is 162 Å². The Morgan fingerprint density at radius 3 is 2.85 bits per heavy atom. The third-order valence-electron chi connectivity index (χ3n) is 4.46. The van der Waals surface area contributed by atoms with Gasteiger partial charge in [-0.25, -0.2) is 0 Å². The SMILES string of the molecule is CCNC(=NCCCOCC1CCOCC1)N(C)Cc1ccccc1Cl. The van der Waals surface area contributed by atoms with Crippen molar-refractivity contribution in [1.29, 1.82) is 0 Å². The minimum absolute atomic E-state index is 0.659. The Morgan fingerprint density at radius 2 is 2.12 bits per heavy atom. The van der Waals surface area contributed by atoms with Crippen molar-refractivity contribution in [2.75, 3.05) is 46.6 Å². The van der Waals surface area contributed by atoms with E-state index in [0.29, 0.717) is 5.92 Å².